The van der Waals surface area contributed by atoms with Crippen LogP contribution in [0.2, 0.25) is 0 Å². The Bertz CT molecular complexity index is 916. The highest BCUT2D eigenvalue weighted by Gasteiger charge is 2.17. The number of benzene rings is 2. The van der Waals surface area contributed by atoms with Crippen molar-refractivity contribution in [2.24, 2.45) is 7.05 Å². The van der Waals surface area contributed by atoms with Gasteiger partial charge in [-0.05, 0) is 35.2 Å². The van der Waals surface area contributed by atoms with E-state index in [0.717, 1.165) is 17.5 Å². The Morgan fingerprint density at radius 1 is 1.14 bits per heavy atom. The number of nitrogens with zero attached hydrogens (tertiary/aromatic N) is 3. The molecule has 0 atom stereocenters. The van der Waals surface area contributed by atoms with E-state index in [1.165, 1.54) is 11.1 Å². The molecule has 28 heavy (non-hydrogen) atoms. The van der Waals surface area contributed by atoms with Crippen LogP contribution < -0.4 is 0 Å². The zero-order chi connectivity index (χ0) is 19.9. The summed E-state index contributed by atoms with van der Waals surface area (Å²) in [4.78, 5) is 14.9. The first-order chi connectivity index (χ1) is 13.6. The minimum Gasteiger partial charge on any atom is -0.383 e. The predicted octanol–water partition coefficient (Wildman–Crippen LogP) is 3.94. The maximum atomic E-state index is 13.1. The summed E-state index contributed by atoms with van der Waals surface area (Å²) in [6, 6.07) is 16.3. The van der Waals surface area contributed by atoms with Gasteiger partial charge in [0.1, 0.15) is 0 Å². The van der Waals surface area contributed by atoms with E-state index in [-0.39, 0.29) is 5.91 Å². The Labute approximate surface area is 166 Å². The van der Waals surface area contributed by atoms with Crippen LogP contribution in [0, 0.1) is 0 Å². The van der Waals surface area contributed by atoms with Crippen molar-refractivity contribution in [1.82, 2.24) is 14.7 Å². The van der Waals surface area contributed by atoms with Gasteiger partial charge in [-0.15, -0.1) is 0 Å². The lowest BCUT2D eigenvalue weighted by Crippen LogP contribution is -2.33. The zero-order valence-corrected chi connectivity index (χ0v) is 16.8. The third-order valence-corrected chi connectivity index (χ3v) is 4.83. The number of hydrogen-bond donors (Lipinski definition) is 0. The van der Waals surface area contributed by atoms with Gasteiger partial charge in [-0.2, -0.15) is 5.10 Å². The Kier molecular flexibility index (Phi) is 6.61. The summed E-state index contributed by atoms with van der Waals surface area (Å²) < 4.78 is 6.93. The van der Waals surface area contributed by atoms with E-state index in [9.17, 15) is 4.79 Å². The van der Waals surface area contributed by atoms with Gasteiger partial charge in [0.25, 0.3) is 5.91 Å². The molecule has 0 radical (unpaired) electrons. The van der Waals surface area contributed by atoms with Crippen LogP contribution in [-0.4, -0.2) is 40.8 Å². The predicted molar refractivity (Wildman–Crippen MR) is 111 cm³/mol. The van der Waals surface area contributed by atoms with Crippen LogP contribution in [0.1, 0.15) is 28.4 Å². The second-order valence-corrected chi connectivity index (χ2v) is 6.83. The monoisotopic (exact) mass is 377 g/mol. The minimum absolute atomic E-state index is 0.00349. The van der Waals surface area contributed by atoms with Crippen LogP contribution in [0.25, 0.3) is 11.1 Å². The third-order valence-electron chi connectivity index (χ3n) is 4.83. The lowest BCUT2D eigenvalue weighted by molar-refractivity contribution is 0.0680. The molecule has 3 rings (SSSR count). The molecule has 0 unspecified atom stereocenters. The normalized spacial score (nSPS) is 10.8. The summed E-state index contributed by atoms with van der Waals surface area (Å²) in [6.07, 6.45) is 4.70. The number of methoxy groups -OCH3 is 1. The second-order valence-electron chi connectivity index (χ2n) is 6.83. The topological polar surface area (TPSA) is 47.4 Å². The van der Waals surface area contributed by atoms with Crippen LogP contribution in [0.3, 0.4) is 0 Å². The molecule has 0 aliphatic heterocycles. The summed E-state index contributed by atoms with van der Waals surface area (Å²) >= 11 is 0. The molecular formula is C23H27N3O2. The highest BCUT2D eigenvalue weighted by molar-refractivity contribution is 5.94. The standard InChI is InChI=1S/C23H27N3O2/c1-4-19-7-5-6-8-22(19)20-9-11-21(12-10-20)23(27)26(13-14-28-3)17-18-15-24-25(2)16-18/h5-12,15-16H,4,13-14,17H2,1-3H3. The molecule has 5 nitrogen and oxygen atoms in total. The first-order valence-corrected chi connectivity index (χ1v) is 9.56. The number of ether oxygens (including phenoxy) is 1. The highest BCUT2D eigenvalue weighted by atomic mass is 16.5. The molecule has 0 aliphatic rings. The van der Waals surface area contributed by atoms with Crippen molar-refractivity contribution in [3.05, 3.63) is 77.6 Å². The lowest BCUT2D eigenvalue weighted by atomic mass is 9.97. The largest absolute Gasteiger partial charge is 0.383 e. The third kappa shape index (κ3) is 4.67. The van der Waals surface area contributed by atoms with E-state index in [1.807, 2.05) is 43.6 Å². The fraction of sp³-hybridized carbons (Fsp3) is 0.304. The first kappa shape index (κ1) is 19.8. The molecule has 0 bridgehead atoms. The first-order valence-electron chi connectivity index (χ1n) is 9.56. The minimum atomic E-state index is -0.00349. The van der Waals surface area contributed by atoms with Crippen LogP contribution in [0.5, 0.6) is 0 Å². The molecule has 0 saturated carbocycles. The van der Waals surface area contributed by atoms with E-state index in [4.69, 9.17) is 4.74 Å². The van der Waals surface area contributed by atoms with E-state index in [0.29, 0.717) is 25.3 Å². The smallest absolute Gasteiger partial charge is 0.254 e. The molecule has 146 valence electrons. The Morgan fingerprint density at radius 2 is 1.89 bits per heavy atom. The van der Waals surface area contributed by atoms with Crippen LogP contribution in [0.4, 0.5) is 0 Å². The van der Waals surface area contributed by atoms with Crippen LogP contribution in [0.15, 0.2) is 60.9 Å². The van der Waals surface area contributed by atoms with Gasteiger partial charge in [0.15, 0.2) is 0 Å². The molecule has 0 spiro atoms. The number of amides is 1. The van der Waals surface area contributed by atoms with Crippen molar-refractivity contribution in [2.75, 3.05) is 20.3 Å². The molecule has 0 fully saturated rings. The fourth-order valence-electron chi connectivity index (χ4n) is 3.31. The summed E-state index contributed by atoms with van der Waals surface area (Å²) in [5, 5.41) is 4.19. The summed E-state index contributed by atoms with van der Waals surface area (Å²) in [5.41, 5.74) is 5.33. The number of rotatable bonds is 8. The number of aryl methyl sites for hydroxylation is 2. The maximum Gasteiger partial charge on any atom is 0.254 e. The Hall–Kier alpha value is -2.92. The van der Waals surface area contributed by atoms with Crippen molar-refractivity contribution in [3.63, 3.8) is 0 Å². The Balaban J connectivity index is 1.80. The van der Waals surface area contributed by atoms with Crippen LogP contribution in [-0.2, 0) is 24.8 Å². The molecule has 1 heterocycles. The van der Waals surface area contributed by atoms with Crippen molar-refractivity contribution in [3.8, 4) is 11.1 Å². The zero-order valence-electron chi connectivity index (χ0n) is 16.8. The lowest BCUT2D eigenvalue weighted by Gasteiger charge is -2.22. The van der Waals surface area contributed by atoms with Gasteiger partial charge in [-0.1, -0.05) is 43.3 Å². The number of aromatic nitrogens is 2. The van der Waals surface area contributed by atoms with Gasteiger partial charge < -0.3 is 9.64 Å². The van der Waals surface area contributed by atoms with E-state index in [2.05, 4.69) is 30.2 Å². The van der Waals surface area contributed by atoms with Gasteiger partial charge in [0.05, 0.1) is 12.8 Å². The Morgan fingerprint density at radius 3 is 2.54 bits per heavy atom. The van der Waals surface area contributed by atoms with Gasteiger partial charge in [0.2, 0.25) is 0 Å². The van der Waals surface area contributed by atoms with E-state index >= 15 is 0 Å². The van der Waals surface area contributed by atoms with Crippen molar-refractivity contribution >= 4 is 5.91 Å². The molecule has 0 aliphatic carbocycles. The average Bonchev–Trinajstić information content (AvgIpc) is 3.15. The summed E-state index contributed by atoms with van der Waals surface area (Å²) in [6.45, 7) is 3.69. The van der Waals surface area contributed by atoms with E-state index in [1.54, 1.807) is 22.9 Å². The molecule has 0 saturated heterocycles. The fourth-order valence-corrected chi connectivity index (χ4v) is 3.31. The van der Waals surface area contributed by atoms with Gasteiger partial charge in [-0.25, -0.2) is 0 Å². The number of carbonyl (C=O) groups excluding carboxylic acids is 1. The van der Waals surface area contributed by atoms with Gasteiger partial charge in [0, 0.05) is 44.6 Å². The quantitative estimate of drug-likeness (QED) is 0.597. The SMILES string of the molecule is CCc1ccccc1-c1ccc(C(=O)N(CCOC)Cc2cnn(C)c2)cc1. The van der Waals surface area contributed by atoms with Crippen molar-refractivity contribution < 1.29 is 9.53 Å². The molecular weight excluding hydrogens is 350 g/mol. The molecule has 0 N–H and O–H groups in total. The van der Waals surface area contributed by atoms with Crippen LogP contribution >= 0.6 is 0 Å². The van der Waals surface area contributed by atoms with E-state index < -0.39 is 0 Å². The second kappa shape index (κ2) is 9.33. The average molecular weight is 377 g/mol. The van der Waals surface area contributed by atoms with Crippen molar-refractivity contribution in [1.29, 1.82) is 0 Å². The number of hydrogen-bond acceptors (Lipinski definition) is 3. The maximum absolute atomic E-state index is 13.1. The molecule has 1 amide bonds. The van der Waals surface area contributed by atoms with Gasteiger partial charge >= 0.3 is 0 Å². The number of carbonyl (C=O) groups is 1. The highest BCUT2D eigenvalue weighted by Crippen LogP contribution is 2.25. The van der Waals surface area contributed by atoms with Crippen molar-refractivity contribution in [2.45, 2.75) is 19.9 Å². The summed E-state index contributed by atoms with van der Waals surface area (Å²) in [5.74, 6) is -0.00349. The molecule has 3 aromatic rings. The molecule has 5 heteroatoms. The molecule has 2 aromatic carbocycles. The molecule has 1 aromatic heterocycles. The van der Waals surface area contributed by atoms with Gasteiger partial charge in [-0.3, -0.25) is 9.48 Å². The summed E-state index contributed by atoms with van der Waals surface area (Å²) in [7, 11) is 3.52.